The zero-order valence-corrected chi connectivity index (χ0v) is 17.6. The van der Waals surface area contributed by atoms with Crippen molar-refractivity contribution in [2.75, 3.05) is 48.4 Å². The van der Waals surface area contributed by atoms with E-state index >= 15 is 0 Å². The molecule has 1 saturated heterocycles. The molecule has 2 aromatic carbocycles. The highest BCUT2D eigenvalue weighted by molar-refractivity contribution is 5.91. The molecule has 0 saturated carbocycles. The third-order valence-electron chi connectivity index (χ3n) is 6.36. The first-order valence-corrected chi connectivity index (χ1v) is 10.7. The molecule has 1 amide bonds. The Morgan fingerprint density at radius 1 is 1.00 bits per heavy atom. The molecule has 0 aromatic heterocycles. The Balaban J connectivity index is 1.25. The topological polar surface area (TPSA) is 39.3 Å². The number of fused-ring (bicyclic) bond motifs is 1. The van der Waals surface area contributed by atoms with Gasteiger partial charge in [-0.1, -0.05) is 18.2 Å². The highest BCUT2D eigenvalue weighted by Gasteiger charge is 2.35. The van der Waals surface area contributed by atoms with E-state index in [1.165, 1.54) is 17.2 Å². The van der Waals surface area contributed by atoms with E-state index in [4.69, 9.17) is 4.74 Å². The van der Waals surface area contributed by atoms with Gasteiger partial charge in [-0.3, -0.25) is 4.90 Å². The Labute approximate surface area is 177 Å². The Hall–Kier alpha value is -3.15. The predicted molar refractivity (Wildman–Crippen MR) is 120 cm³/mol. The van der Waals surface area contributed by atoms with Crippen LogP contribution in [0.1, 0.15) is 18.4 Å². The maximum Gasteiger partial charge on any atom is 0.414 e. The van der Waals surface area contributed by atoms with Crippen LogP contribution in [0.4, 0.5) is 21.9 Å². The monoisotopic (exact) mass is 404 g/mol. The number of cyclic esters (lactones) is 1. The zero-order chi connectivity index (χ0) is 20.7. The number of nitrogens with zero attached hydrogens (tertiary/aromatic N) is 4. The molecule has 1 fully saturated rings. The van der Waals surface area contributed by atoms with Crippen molar-refractivity contribution in [1.82, 2.24) is 4.90 Å². The number of rotatable bonds is 4. The Bertz CT molecular complexity index is 961. The minimum Gasteiger partial charge on any atom is -0.444 e. The number of carbonyl (C=O) groups excluding carboxylic acids is 1. The van der Waals surface area contributed by atoms with Crippen LogP contribution in [0.15, 0.2) is 60.4 Å². The fraction of sp³-hybridized carbons (Fsp3) is 0.375. The van der Waals surface area contributed by atoms with Gasteiger partial charge in [0.25, 0.3) is 0 Å². The van der Waals surface area contributed by atoms with Crippen LogP contribution in [0.3, 0.4) is 0 Å². The van der Waals surface area contributed by atoms with Gasteiger partial charge in [-0.05, 0) is 49.2 Å². The molecule has 0 atom stereocenters. The molecule has 0 N–H and O–H groups in total. The molecule has 3 heterocycles. The lowest BCUT2D eigenvalue weighted by Gasteiger charge is -2.46. The second kappa shape index (κ2) is 7.59. The van der Waals surface area contributed by atoms with Crippen LogP contribution >= 0.6 is 0 Å². The van der Waals surface area contributed by atoms with Crippen LogP contribution in [-0.2, 0) is 11.3 Å². The summed E-state index contributed by atoms with van der Waals surface area (Å²) >= 11 is 0. The molecule has 3 aliphatic rings. The molecule has 156 valence electrons. The van der Waals surface area contributed by atoms with Crippen molar-refractivity contribution in [3.63, 3.8) is 0 Å². The molecule has 3 aliphatic heterocycles. The third kappa shape index (κ3) is 3.26. The van der Waals surface area contributed by atoms with E-state index in [2.05, 4.69) is 59.1 Å². The number of piperidine rings is 1. The summed E-state index contributed by atoms with van der Waals surface area (Å²) in [6, 6.07) is 17.0. The second-order valence-corrected chi connectivity index (χ2v) is 8.36. The van der Waals surface area contributed by atoms with Crippen molar-refractivity contribution in [2.45, 2.75) is 25.5 Å². The fourth-order valence-electron chi connectivity index (χ4n) is 4.61. The lowest BCUT2D eigenvalue weighted by atomic mass is 10.00. The molecule has 30 heavy (non-hydrogen) atoms. The van der Waals surface area contributed by atoms with Crippen molar-refractivity contribution in [3.05, 3.63) is 66.0 Å². The normalized spacial score (nSPS) is 19.1. The van der Waals surface area contributed by atoms with Crippen molar-refractivity contribution < 1.29 is 9.53 Å². The predicted octanol–water partition coefficient (Wildman–Crippen LogP) is 4.04. The Morgan fingerprint density at radius 2 is 1.73 bits per heavy atom. The second-order valence-electron chi connectivity index (χ2n) is 8.36. The lowest BCUT2D eigenvalue weighted by Crippen LogP contribution is -2.52. The average molecular weight is 405 g/mol. The molecule has 0 unspecified atom stereocenters. The van der Waals surface area contributed by atoms with Gasteiger partial charge >= 0.3 is 6.09 Å². The van der Waals surface area contributed by atoms with E-state index in [-0.39, 0.29) is 12.1 Å². The van der Waals surface area contributed by atoms with Crippen molar-refractivity contribution in [2.24, 2.45) is 0 Å². The molecular formula is C24H28N4O2. The number of hydrogen-bond acceptors (Lipinski definition) is 5. The van der Waals surface area contributed by atoms with Crippen LogP contribution < -0.4 is 14.7 Å². The summed E-state index contributed by atoms with van der Waals surface area (Å²) in [5.41, 5.74) is 4.54. The Kier molecular flexibility index (Phi) is 4.77. The summed E-state index contributed by atoms with van der Waals surface area (Å²) in [7, 11) is 4.12. The molecule has 0 bridgehead atoms. The van der Waals surface area contributed by atoms with E-state index < -0.39 is 0 Å². The number of carbonyl (C=O) groups is 1. The molecule has 6 heteroatoms. The lowest BCUT2D eigenvalue weighted by molar-refractivity contribution is 0.134. The van der Waals surface area contributed by atoms with Gasteiger partial charge in [-0.25, -0.2) is 4.79 Å². The molecule has 0 radical (unpaired) electrons. The van der Waals surface area contributed by atoms with Gasteiger partial charge in [0.2, 0.25) is 0 Å². The van der Waals surface area contributed by atoms with E-state index in [9.17, 15) is 4.79 Å². The first-order valence-electron chi connectivity index (χ1n) is 10.7. The van der Waals surface area contributed by atoms with E-state index in [1.807, 2.05) is 29.2 Å². The summed E-state index contributed by atoms with van der Waals surface area (Å²) in [5, 5.41) is 0. The quantitative estimate of drug-likeness (QED) is 0.769. The largest absolute Gasteiger partial charge is 0.444 e. The van der Waals surface area contributed by atoms with E-state index in [0.29, 0.717) is 6.61 Å². The van der Waals surface area contributed by atoms with Gasteiger partial charge in [0, 0.05) is 56.7 Å². The van der Waals surface area contributed by atoms with Crippen LogP contribution in [0.5, 0.6) is 0 Å². The summed E-state index contributed by atoms with van der Waals surface area (Å²) in [5.74, 6) is 1.28. The molecule has 0 aliphatic carbocycles. The summed E-state index contributed by atoms with van der Waals surface area (Å²) in [4.78, 5) is 21.3. The number of anilines is 3. The summed E-state index contributed by atoms with van der Waals surface area (Å²) in [6.45, 7) is 3.20. The summed E-state index contributed by atoms with van der Waals surface area (Å²) < 4.78 is 5.43. The molecule has 6 nitrogen and oxygen atoms in total. The number of likely N-dealkylation sites (tertiary alicyclic amines) is 1. The third-order valence-corrected chi connectivity index (χ3v) is 6.36. The van der Waals surface area contributed by atoms with Gasteiger partial charge in [0.1, 0.15) is 12.4 Å². The van der Waals surface area contributed by atoms with Crippen molar-refractivity contribution in [1.29, 1.82) is 0 Å². The first kappa shape index (κ1) is 18.9. The smallest absolute Gasteiger partial charge is 0.414 e. The first-order chi connectivity index (χ1) is 14.6. The molecule has 2 aromatic rings. The minimum absolute atomic E-state index is 0.184. The maximum absolute atomic E-state index is 12.5. The zero-order valence-electron chi connectivity index (χ0n) is 17.6. The number of benzene rings is 2. The Morgan fingerprint density at radius 3 is 2.40 bits per heavy atom. The SMILES string of the molecule is CN(C)c1ccc(N2CC=C2N2CCC(N3C(=O)OCc4ccccc43)CC2)cc1. The van der Waals surface area contributed by atoms with Crippen LogP contribution in [0.25, 0.3) is 0 Å². The number of para-hydroxylation sites is 1. The standard InChI is InChI=1S/C24H28N4O2/c1-25(2)19-7-9-20(10-8-19)27-16-13-23(27)26-14-11-21(12-15-26)28-22-6-4-3-5-18(22)17-30-24(28)29/h3-10,13,21H,11-12,14-17H2,1-2H3. The van der Waals surface area contributed by atoms with Gasteiger partial charge in [-0.2, -0.15) is 0 Å². The van der Waals surface area contributed by atoms with Crippen LogP contribution in [-0.4, -0.2) is 50.8 Å². The van der Waals surface area contributed by atoms with Crippen molar-refractivity contribution >= 4 is 23.2 Å². The molecule has 0 spiro atoms. The maximum atomic E-state index is 12.5. The van der Waals surface area contributed by atoms with Gasteiger partial charge in [0.05, 0.1) is 5.69 Å². The van der Waals surface area contributed by atoms with E-state index in [0.717, 1.165) is 43.7 Å². The highest BCUT2D eigenvalue weighted by Crippen LogP contribution is 2.34. The van der Waals surface area contributed by atoms with Gasteiger partial charge in [0.15, 0.2) is 0 Å². The van der Waals surface area contributed by atoms with Crippen molar-refractivity contribution in [3.8, 4) is 0 Å². The average Bonchev–Trinajstić information content (AvgIpc) is 2.74. The van der Waals surface area contributed by atoms with Gasteiger partial charge in [-0.15, -0.1) is 0 Å². The van der Waals surface area contributed by atoms with Gasteiger partial charge < -0.3 is 19.4 Å². The number of ether oxygens (including phenoxy) is 1. The highest BCUT2D eigenvalue weighted by atomic mass is 16.6. The molecular weight excluding hydrogens is 376 g/mol. The summed E-state index contributed by atoms with van der Waals surface area (Å²) in [6.07, 6.45) is 3.96. The number of amides is 1. The van der Waals surface area contributed by atoms with Crippen LogP contribution in [0, 0.1) is 0 Å². The van der Waals surface area contributed by atoms with E-state index in [1.54, 1.807) is 0 Å². The van der Waals surface area contributed by atoms with Crippen LogP contribution in [0.2, 0.25) is 0 Å². The molecule has 5 rings (SSSR count). The minimum atomic E-state index is -0.211. The number of hydrogen-bond donors (Lipinski definition) is 0. The fourth-order valence-corrected chi connectivity index (χ4v) is 4.61.